The number of hydrogen-bond acceptors (Lipinski definition) is 5. The topological polar surface area (TPSA) is 49.8 Å². The van der Waals surface area contributed by atoms with Crippen molar-refractivity contribution in [2.75, 3.05) is 17.2 Å². The quantitative estimate of drug-likeness (QED) is 0.893. The van der Waals surface area contributed by atoms with Gasteiger partial charge in [-0.25, -0.2) is 4.98 Å². The number of rotatable bonds is 4. The maximum Gasteiger partial charge on any atom is 0.226 e. The van der Waals surface area contributed by atoms with Gasteiger partial charge in [0.05, 0.1) is 5.39 Å². The summed E-state index contributed by atoms with van der Waals surface area (Å²) >= 11 is 1.67. The summed E-state index contributed by atoms with van der Waals surface area (Å²) < 4.78 is 0. The maximum absolute atomic E-state index is 4.62. The predicted octanol–water partition coefficient (Wildman–Crippen LogP) is 3.72. The third-order valence-electron chi connectivity index (χ3n) is 3.70. The zero-order chi connectivity index (χ0) is 13.2. The standard InChI is InChI=1S/C14H20N4S/c1-3-15-14-17-12(11-6-7-19-13(11)18-14)16-10-5-4-9(2)8-10/h6-7,9-10H,3-5,8H2,1-2H3,(H2,15,16,17,18). The Morgan fingerprint density at radius 2 is 2.26 bits per heavy atom. The molecule has 1 saturated carbocycles. The van der Waals surface area contributed by atoms with E-state index in [0.717, 1.165) is 34.4 Å². The monoisotopic (exact) mass is 276 g/mol. The van der Waals surface area contributed by atoms with Crippen LogP contribution in [-0.2, 0) is 0 Å². The lowest BCUT2D eigenvalue weighted by Gasteiger charge is -2.15. The van der Waals surface area contributed by atoms with Crippen molar-refractivity contribution in [3.05, 3.63) is 11.4 Å². The molecular weight excluding hydrogens is 256 g/mol. The van der Waals surface area contributed by atoms with Crippen LogP contribution in [0.4, 0.5) is 11.8 Å². The Balaban J connectivity index is 1.89. The summed E-state index contributed by atoms with van der Waals surface area (Å²) in [4.78, 5) is 10.2. The van der Waals surface area contributed by atoms with Crippen molar-refractivity contribution in [2.24, 2.45) is 5.92 Å². The first-order valence-electron chi connectivity index (χ1n) is 7.02. The number of nitrogens with zero attached hydrogens (tertiary/aromatic N) is 2. The molecule has 0 bridgehead atoms. The van der Waals surface area contributed by atoms with Gasteiger partial charge in [0.1, 0.15) is 10.6 Å². The van der Waals surface area contributed by atoms with Crippen LogP contribution in [-0.4, -0.2) is 22.6 Å². The molecule has 1 aliphatic rings. The molecule has 4 nitrogen and oxygen atoms in total. The van der Waals surface area contributed by atoms with Gasteiger partial charge in [-0.15, -0.1) is 11.3 Å². The fourth-order valence-corrected chi connectivity index (χ4v) is 3.50. The number of anilines is 2. The fourth-order valence-electron chi connectivity index (χ4n) is 2.73. The second-order valence-electron chi connectivity index (χ2n) is 5.33. The van der Waals surface area contributed by atoms with E-state index in [4.69, 9.17) is 0 Å². The van der Waals surface area contributed by atoms with E-state index in [1.807, 2.05) is 0 Å². The number of nitrogens with one attached hydrogen (secondary N) is 2. The molecule has 2 N–H and O–H groups in total. The highest BCUT2D eigenvalue weighted by Crippen LogP contribution is 2.31. The van der Waals surface area contributed by atoms with Crippen molar-refractivity contribution < 1.29 is 0 Å². The minimum Gasteiger partial charge on any atom is -0.367 e. The number of fused-ring (bicyclic) bond motifs is 1. The van der Waals surface area contributed by atoms with Crippen LogP contribution in [0.1, 0.15) is 33.1 Å². The normalized spacial score (nSPS) is 22.8. The van der Waals surface area contributed by atoms with Crippen molar-refractivity contribution in [3.8, 4) is 0 Å². The third-order valence-corrected chi connectivity index (χ3v) is 4.50. The molecule has 2 atom stereocenters. The smallest absolute Gasteiger partial charge is 0.226 e. The molecule has 2 heterocycles. The molecule has 2 aromatic heterocycles. The first-order valence-corrected chi connectivity index (χ1v) is 7.90. The number of thiophene rings is 1. The summed E-state index contributed by atoms with van der Waals surface area (Å²) in [5.74, 6) is 2.54. The molecule has 5 heteroatoms. The van der Waals surface area contributed by atoms with Gasteiger partial charge in [0.15, 0.2) is 0 Å². The van der Waals surface area contributed by atoms with Gasteiger partial charge in [0.25, 0.3) is 0 Å². The van der Waals surface area contributed by atoms with E-state index in [0.29, 0.717) is 6.04 Å². The first kappa shape index (κ1) is 12.7. The largest absolute Gasteiger partial charge is 0.367 e. The van der Waals surface area contributed by atoms with Crippen LogP contribution in [0.3, 0.4) is 0 Å². The van der Waals surface area contributed by atoms with E-state index in [9.17, 15) is 0 Å². The molecule has 2 unspecified atom stereocenters. The molecule has 0 aliphatic heterocycles. The highest BCUT2D eigenvalue weighted by Gasteiger charge is 2.22. The fraction of sp³-hybridized carbons (Fsp3) is 0.571. The molecule has 0 saturated heterocycles. The Labute approximate surface area is 117 Å². The lowest BCUT2D eigenvalue weighted by atomic mass is 10.1. The van der Waals surface area contributed by atoms with Crippen LogP contribution in [0.15, 0.2) is 11.4 Å². The summed E-state index contributed by atoms with van der Waals surface area (Å²) in [5.41, 5.74) is 0. The van der Waals surface area contributed by atoms with Crippen molar-refractivity contribution in [3.63, 3.8) is 0 Å². The van der Waals surface area contributed by atoms with E-state index in [-0.39, 0.29) is 0 Å². The first-order chi connectivity index (χ1) is 9.26. The van der Waals surface area contributed by atoms with E-state index in [1.165, 1.54) is 19.3 Å². The predicted molar refractivity (Wildman–Crippen MR) is 82.0 cm³/mol. The number of aromatic nitrogens is 2. The summed E-state index contributed by atoms with van der Waals surface area (Å²) in [6.45, 7) is 5.23. The Morgan fingerprint density at radius 3 is 3.00 bits per heavy atom. The zero-order valence-corrected chi connectivity index (χ0v) is 12.3. The molecular formula is C14H20N4S. The second kappa shape index (κ2) is 5.33. The summed E-state index contributed by atoms with van der Waals surface area (Å²) in [7, 11) is 0. The highest BCUT2D eigenvalue weighted by atomic mass is 32.1. The van der Waals surface area contributed by atoms with Crippen molar-refractivity contribution in [1.82, 2.24) is 9.97 Å². The third kappa shape index (κ3) is 2.66. The Morgan fingerprint density at radius 1 is 1.37 bits per heavy atom. The Bertz CT molecular complexity index is 566. The van der Waals surface area contributed by atoms with Gasteiger partial charge < -0.3 is 10.6 Å². The lowest BCUT2D eigenvalue weighted by Crippen LogP contribution is -2.17. The Hall–Kier alpha value is -1.36. The van der Waals surface area contributed by atoms with E-state index in [1.54, 1.807) is 11.3 Å². The Kier molecular flexibility index (Phi) is 3.55. The van der Waals surface area contributed by atoms with E-state index in [2.05, 4.69) is 45.9 Å². The van der Waals surface area contributed by atoms with Gasteiger partial charge in [-0.05, 0) is 43.6 Å². The molecule has 102 valence electrons. The van der Waals surface area contributed by atoms with Crippen LogP contribution in [0.5, 0.6) is 0 Å². The van der Waals surface area contributed by atoms with Crippen LogP contribution >= 0.6 is 11.3 Å². The second-order valence-corrected chi connectivity index (χ2v) is 6.22. The average Bonchev–Trinajstić information content (AvgIpc) is 2.99. The van der Waals surface area contributed by atoms with Crippen LogP contribution in [0.2, 0.25) is 0 Å². The molecule has 2 aromatic rings. The van der Waals surface area contributed by atoms with Gasteiger partial charge in [0, 0.05) is 12.6 Å². The maximum atomic E-state index is 4.62. The van der Waals surface area contributed by atoms with Gasteiger partial charge in [0.2, 0.25) is 5.95 Å². The SMILES string of the molecule is CCNc1nc(NC2CCC(C)C2)c2ccsc2n1. The highest BCUT2D eigenvalue weighted by molar-refractivity contribution is 7.16. The molecule has 1 fully saturated rings. The zero-order valence-electron chi connectivity index (χ0n) is 11.4. The van der Waals surface area contributed by atoms with E-state index >= 15 is 0 Å². The molecule has 3 rings (SSSR count). The average molecular weight is 276 g/mol. The molecule has 0 radical (unpaired) electrons. The molecule has 0 aromatic carbocycles. The minimum atomic E-state index is 0.558. The molecule has 0 spiro atoms. The van der Waals surface area contributed by atoms with Gasteiger partial charge in [-0.1, -0.05) is 6.92 Å². The van der Waals surface area contributed by atoms with Crippen molar-refractivity contribution in [2.45, 2.75) is 39.2 Å². The minimum absolute atomic E-state index is 0.558. The molecule has 0 amide bonds. The molecule has 1 aliphatic carbocycles. The lowest BCUT2D eigenvalue weighted by molar-refractivity contribution is 0.602. The van der Waals surface area contributed by atoms with Crippen molar-refractivity contribution >= 4 is 33.3 Å². The van der Waals surface area contributed by atoms with Crippen LogP contribution in [0, 0.1) is 5.92 Å². The summed E-state index contributed by atoms with van der Waals surface area (Å²) in [5, 5.41) is 10.0. The van der Waals surface area contributed by atoms with Gasteiger partial charge in [-0.3, -0.25) is 0 Å². The number of hydrogen-bond donors (Lipinski definition) is 2. The van der Waals surface area contributed by atoms with Gasteiger partial charge >= 0.3 is 0 Å². The van der Waals surface area contributed by atoms with Crippen LogP contribution < -0.4 is 10.6 Å². The van der Waals surface area contributed by atoms with Gasteiger partial charge in [-0.2, -0.15) is 4.98 Å². The van der Waals surface area contributed by atoms with E-state index < -0.39 is 0 Å². The van der Waals surface area contributed by atoms with Crippen molar-refractivity contribution in [1.29, 1.82) is 0 Å². The van der Waals surface area contributed by atoms with Crippen LogP contribution in [0.25, 0.3) is 10.2 Å². The molecule has 19 heavy (non-hydrogen) atoms. The summed E-state index contributed by atoms with van der Waals surface area (Å²) in [6, 6.07) is 2.67. The summed E-state index contributed by atoms with van der Waals surface area (Å²) in [6.07, 6.45) is 3.80.